The normalized spacial score (nSPS) is 16.6. The van der Waals surface area contributed by atoms with Crippen molar-refractivity contribution >= 4 is 47.5 Å². The number of benzene rings is 3. The van der Waals surface area contributed by atoms with Crippen molar-refractivity contribution in [2.24, 2.45) is 11.8 Å². The Kier molecular flexibility index (Phi) is 12.3. The number of nitrogens with one attached hydrogen (secondary N) is 2. The fourth-order valence-corrected chi connectivity index (χ4v) is 5.50. The van der Waals surface area contributed by atoms with Crippen LogP contribution in [-0.2, 0) is 6.54 Å². The molecule has 6 nitrogen and oxygen atoms in total. The Bertz CT molecular complexity index is 1450. The molecule has 0 atom stereocenters. The molecule has 0 aliphatic heterocycles. The minimum atomic E-state index is -4.75. The van der Waals surface area contributed by atoms with Crippen molar-refractivity contribution in [2.45, 2.75) is 38.6 Å². The fraction of sp³-hybridized carbons (Fsp3) is 0.375. The van der Waals surface area contributed by atoms with Gasteiger partial charge in [0.05, 0.1) is 5.52 Å². The second-order valence-corrected chi connectivity index (χ2v) is 10.9. The summed E-state index contributed by atoms with van der Waals surface area (Å²) in [7, 11) is 3.97. The lowest BCUT2D eigenvalue weighted by Crippen LogP contribution is -2.29. The zero-order valence-electron chi connectivity index (χ0n) is 24.2. The van der Waals surface area contributed by atoms with E-state index in [1.165, 1.54) is 6.07 Å². The number of anilines is 2. The van der Waals surface area contributed by atoms with Crippen LogP contribution in [0.4, 0.5) is 24.9 Å². The van der Waals surface area contributed by atoms with Crippen LogP contribution < -0.4 is 20.3 Å². The molecule has 0 spiro atoms. The topological polar surface area (TPSA) is 62.3 Å². The van der Waals surface area contributed by atoms with E-state index < -0.39 is 6.36 Å². The summed E-state index contributed by atoms with van der Waals surface area (Å²) in [4.78, 5) is 11.4. The van der Waals surface area contributed by atoms with Gasteiger partial charge < -0.3 is 20.3 Å². The number of aromatic nitrogens is 2. The van der Waals surface area contributed by atoms with Gasteiger partial charge in [-0.15, -0.1) is 38.0 Å². The highest BCUT2D eigenvalue weighted by molar-refractivity contribution is 5.90. The number of alkyl halides is 3. The summed E-state index contributed by atoms with van der Waals surface area (Å²) in [5, 5.41) is 7.86. The van der Waals surface area contributed by atoms with Crippen LogP contribution >= 0.6 is 24.8 Å². The van der Waals surface area contributed by atoms with Crippen LogP contribution in [-0.4, -0.2) is 43.5 Å². The summed E-state index contributed by atoms with van der Waals surface area (Å²) < 4.78 is 43.8. The van der Waals surface area contributed by atoms with E-state index >= 15 is 0 Å². The number of para-hydroxylation sites is 1. The van der Waals surface area contributed by atoms with Crippen molar-refractivity contribution in [2.75, 3.05) is 37.4 Å². The molecule has 11 heteroatoms. The van der Waals surface area contributed by atoms with E-state index in [-0.39, 0.29) is 30.6 Å². The molecule has 232 valence electrons. The van der Waals surface area contributed by atoms with Gasteiger partial charge in [0, 0.05) is 38.1 Å². The molecular formula is C32H38Cl2F3N5O. The lowest BCUT2D eigenvalue weighted by molar-refractivity contribution is -0.274. The quantitative estimate of drug-likeness (QED) is 0.183. The van der Waals surface area contributed by atoms with E-state index in [1.54, 1.807) is 6.07 Å². The van der Waals surface area contributed by atoms with E-state index in [4.69, 9.17) is 9.97 Å². The second-order valence-electron chi connectivity index (χ2n) is 10.9. The number of nitrogens with zero attached hydrogens (tertiary/aromatic N) is 3. The second kappa shape index (κ2) is 15.5. The number of rotatable bonds is 10. The smallest absolute Gasteiger partial charge is 0.405 e. The van der Waals surface area contributed by atoms with Crippen molar-refractivity contribution in [1.29, 1.82) is 0 Å². The third-order valence-electron chi connectivity index (χ3n) is 7.67. The predicted octanol–water partition coefficient (Wildman–Crippen LogP) is 8.11. The number of fused-ring (bicyclic) bond motifs is 1. The van der Waals surface area contributed by atoms with Gasteiger partial charge in [0.15, 0.2) is 0 Å². The van der Waals surface area contributed by atoms with Crippen LogP contribution in [0.2, 0.25) is 0 Å². The summed E-state index contributed by atoms with van der Waals surface area (Å²) in [6.07, 6.45) is -0.439. The number of hydrogen-bond donors (Lipinski definition) is 2. The average molecular weight is 637 g/mol. The summed E-state index contributed by atoms with van der Waals surface area (Å²) in [6.45, 7) is 1.89. The molecule has 0 unspecified atom stereocenters. The predicted molar refractivity (Wildman–Crippen MR) is 173 cm³/mol. The first kappa shape index (κ1) is 34.2. The minimum Gasteiger partial charge on any atom is -0.405 e. The Morgan fingerprint density at radius 3 is 2.14 bits per heavy atom. The fourth-order valence-electron chi connectivity index (χ4n) is 5.50. The van der Waals surface area contributed by atoms with Gasteiger partial charge >= 0.3 is 6.36 Å². The van der Waals surface area contributed by atoms with Crippen LogP contribution in [0.5, 0.6) is 5.75 Å². The van der Waals surface area contributed by atoms with Crippen LogP contribution in [0.25, 0.3) is 22.0 Å². The third-order valence-corrected chi connectivity index (χ3v) is 7.67. The van der Waals surface area contributed by atoms with Gasteiger partial charge in [0.1, 0.15) is 11.6 Å². The van der Waals surface area contributed by atoms with Gasteiger partial charge in [-0.25, -0.2) is 4.98 Å². The molecule has 43 heavy (non-hydrogen) atoms. The van der Waals surface area contributed by atoms with Crippen molar-refractivity contribution < 1.29 is 17.9 Å². The molecule has 0 amide bonds. The third kappa shape index (κ3) is 9.36. The van der Waals surface area contributed by atoms with Gasteiger partial charge in [0.2, 0.25) is 5.95 Å². The van der Waals surface area contributed by atoms with E-state index in [1.807, 2.05) is 79.7 Å². The van der Waals surface area contributed by atoms with E-state index in [9.17, 15) is 13.2 Å². The number of hydrogen-bond acceptors (Lipinski definition) is 6. The Hall–Kier alpha value is -3.27. The first-order valence-corrected chi connectivity index (χ1v) is 14.1. The molecule has 1 saturated carbocycles. The summed E-state index contributed by atoms with van der Waals surface area (Å²) in [5.41, 5.74) is 2.94. The lowest BCUT2D eigenvalue weighted by Gasteiger charge is -2.29. The highest BCUT2D eigenvalue weighted by atomic mass is 35.5. The van der Waals surface area contributed by atoms with Crippen LogP contribution in [0.15, 0.2) is 72.8 Å². The molecule has 2 N–H and O–H groups in total. The first-order valence-electron chi connectivity index (χ1n) is 14.1. The molecular weight excluding hydrogens is 598 g/mol. The Balaban J connectivity index is 0.00000253. The molecule has 0 saturated heterocycles. The molecule has 0 radical (unpaired) electrons. The molecule has 4 aromatic rings. The number of ether oxygens (including phenoxy) is 1. The highest BCUT2D eigenvalue weighted by Gasteiger charge is 2.32. The van der Waals surface area contributed by atoms with Crippen LogP contribution in [0, 0.1) is 11.8 Å². The molecule has 0 bridgehead atoms. The molecule has 1 aromatic heterocycles. The molecule has 1 aliphatic rings. The Morgan fingerprint density at radius 1 is 0.814 bits per heavy atom. The van der Waals surface area contributed by atoms with Crippen LogP contribution in [0.1, 0.15) is 31.2 Å². The van der Waals surface area contributed by atoms with E-state index in [0.717, 1.165) is 61.1 Å². The molecule has 1 fully saturated rings. The van der Waals surface area contributed by atoms with Gasteiger partial charge in [-0.05, 0) is 73.4 Å². The molecule has 5 rings (SSSR count). The SMILES string of the molecule is CN(C)c1nc(NC[C@H]2CC[C@H](CNCc3ccc(-c4ccccc4)cc3OC(F)(F)F)CC2)nc2ccccc12.Cl.Cl. The van der Waals surface area contributed by atoms with Crippen molar-refractivity contribution in [3.8, 4) is 16.9 Å². The maximum absolute atomic E-state index is 13.1. The first-order chi connectivity index (χ1) is 19.7. The highest BCUT2D eigenvalue weighted by Crippen LogP contribution is 2.33. The van der Waals surface area contributed by atoms with Gasteiger partial charge in [-0.1, -0.05) is 54.6 Å². The summed E-state index contributed by atoms with van der Waals surface area (Å²) in [5.74, 6) is 2.40. The van der Waals surface area contributed by atoms with Gasteiger partial charge in [-0.2, -0.15) is 4.98 Å². The summed E-state index contributed by atoms with van der Waals surface area (Å²) >= 11 is 0. The van der Waals surface area contributed by atoms with E-state index in [0.29, 0.717) is 35.5 Å². The maximum Gasteiger partial charge on any atom is 0.573 e. The van der Waals surface area contributed by atoms with E-state index in [2.05, 4.69) is 15.4 Å². The zero-order chi connectivity index (χ0) is 28.8. The Morgan fingerprint density at radius 2 is 1.47 bits per heavy atom. The largest absolute Gasteiger partial charge is 0.573 e. The maximum atomic E-state index is 13.1. The average Bonchev–Trinajstić information content (AvgIpc) is 2.96. The van der Waals surface area contributed by atoms with Crippen LogP contribution in [0.3, 0.4) is 0 Å². The monoisotopic (exact) mass is 635 g/mol. The lowest BCUT2D eigenvalue weighted by atomic mass is 9.82. The van der Waals surface area contributed by atoms with Gasteiger partial charge in [0.25, 0.3) is 0 Å². The van der Waals surface area contributed by atoms with Crippen molar-refractivity contribution in [3.05, 3.63) is 78.4 Å². The van der Waals surface area contributed by atoms with Gasteiger partial charge in [-0.3, -0.25) is 0 Å². The number of halogens is 5. The standard InChI is InChI=1S/C32H36F3N5O.2ClH/c1-40(2)30-27-10-6-7-11-28(27)38-31(39-30)37-20-23-14-12-22(13-15-23)19-36-21-26-17-16-25(24-8-4-3-5-9-24)18-29(26)41-32(33,34)35;;/h3-11,16-18,22-23,36H,12-15,19-21H2,1-2H3,(H,37,38,39);2*1H/t22-,23-;;. The Labute approximate surface area is 263 Å². The minimum absolute atomic E-state index is 0. The molecule has 1 heterocycles. The molecule has 1 aliphatic carbocycles. The zero-order valence-corrected chi connectivity index (χ0v) is 25.9. The molecule has 3 aromatic carbocycles. The van der Waals surface area contributed by atoms with Crippen molar-refractivity contribution in [1.82, 2.24) is 15.3 Å². The van der Waals surface area contributed by atoms with Crippen molar-refractivity contribution in [3.63, 3.8) is 0 Å². The summed E-state index contributed by atoms with van der Waals surface area (Å²) in [6, 6.07) is 22.4.